The molecule has 2 aromatic carbocycles. The first-order valence-corrected chi connectivity index (χ1v) is 10.5. The van der Waals surface area contributed by atoms with E-state index in [9.17, 15) is 14.7 Å². The molecule has 1 N–H and O–H groups in total. The summed E-state index contributed by atoms with van der Waals surface area (Å²) in [4.78, 5) is 31.8. The van der Waals surface area contributed by atoms with E-state index >= 15 is 0 Å². The Hall–Kier alpha value is -4.13. The lowest BCUT2D eigenvalue weighted by molar-refractivity contribution is -0.132. The Balaban J connectivity index is 1.93. The van der Waals surface area contributed by atoms with E-state index in [2.05, 4.69) is 4.98 Å². The number of hydrogen-bond acceptors (Lipinski definition) is 6. The van der Waals surface area contributed by atoms with E-state index in [1.165, 1.54) is 24.4 Å². The predicted octanol–water partition coefficient (Wildman–Crippen LogP) is 4.50. The van der Waals surface area contributed by atoms with Crippen molar-refractivity contribution in [3.05, 3.63) is 89.8 Å². The normalized spacial score (nSPS) is 17.5. The molecular formula is C26H24N2O5. The molecule has 168 valence electrons. The molecule has 0 bridgehead atoms. The first kappa shape index (κ1) is 22.1. The van der Waals surface area contributed by atoms with Crippen LogP contribution >= 0.6 is 0 Å². The Labute approximate surface area is 191 Å². The third kappa shape index (κ3) is 4.30. The van der Waals surface area contributed by atoms with Gasteiger partial charge in [0, 0.05) is 29.7 Å². The molecule has 1 aliphatic heterocycles. The minimum atomic E-state index is -0.860. The first-order chi connectivity index (χ1) is 15.9. The summed E-state index contributed by atoms with van der Waals surface area (Å²) in [6.07, 6.45) is 2.97. The van der Waals surface area contributed by atoms with Crippen LogP contribution in [0.25, 0.3) is 5.76 Å². The molecule has 1 atom stereocenters. The standard InChI is InChI=1S/C26H24N2O5/c1-16(2)33-21-9-4-6-18(14-21)23-22(24(29)17-10-12-27-13-11-17)25(30)26(31)28(23)19-7-5-8-20(15-19)32-3/h4-16,23,29H,1-3H3/b24-22+. The zero-order chi connectivity index (χ0) is 23.5. The highest BCUT2D eigenvalue weighted by atomic mass is 16.5. The number of amides is 1. The minimum Gasteiger partial charge on any atom is -0.507 e. The van der Waals surface area contributed by atoms with Crippen molar-refractivity contribution in [3.63, 3.8) is 0 Å². The molecule has 2 heterocycles. The van der Waals surface area contributed by atoms with Gasteiger partial charge in [-0.05, 0) is 55.8 Å². The number of aliphatic hydroxyl groups excluding tert-OH is 1. The molecular weight excluding hydrogens is 420 g/mol. The van der Waals surface area contributed by atoms with Crippen molar-refractivity contribution >= 4 is 23.1 Å². The van der Waals surface area contributed by atoms with Gasteiger partial charge in [0.1, 0.15) is 17.3 Å². The molecule has 0 radical (unpaired) electrons. The molecule has 0 spiro atoms. The summed E-state index contributed by atoms with van der Waals surface area (Å²) in [5, 5.41) is 11.1. The van der Waals surface area contributed by atoms with Crippen LogP contribution in [0.4, 0.5) is 5.69 Å². The van der Waals surface area contributed by atoms with Crippen LogP contribution in [0.1, 0.15) is 31.0 Å². The second-order valence-electron chi connectivity index (χ2n) is 7.85. The van der Waals surface area contributed by atoms with E-state index in [4.69, 9.17) is 9.47 Å². The summed E-state index contributed by atoms with van der Waals surface area (Å²) in [5.74, 6) is -0.630. The van der Waals surface area contributed by atoms with Gasteiger partial charge in [-0.25, -0.2) is 0 Å². The lowest BCUT2D eigenvalue weighted by Crippen LogP contribution is -2.29. The topological polar surface area (TPSA) is 89.0 Å². The molecule has 4 rings (SSSR count). The monoisotopic (exact) mass is 444 g/mol. The number of anilines is 1. The lowest BCUT2D eigenvalue weighted by atomic mass is 9.95. The number of benzene rings is 2. The van der Waals surface area contributed by atoms with Crippen LogP contribution in [0.3, 0.4) is 0 Å². The molecule has 1 amide bonds. The van der Waals surface area contributed by atoms with Crippen LogP contribution in [0.15, 0.2) is 78.6 Å². The molecule has 7 nitrogen and oxygen atoms in total. The van der Waals surface area contributed by atoms with Crippen molar-refractivity contribution in [2.45, 2.75) is 26.0 Å². The van der Waals surface area contributed by atoms with E-state index in [1.54, 1.807) is 54.6 Å². The average Bonchev–Trinajstić information content (AvgIpc) is 3.09. The molecule has 1 saturated heterocycles. The van der Waals surface area contributed by atoms with Crippen LogP contribution in [-0.4, -0.2) is 35.0 Å². The van der Waals surface area contributed by atoms with Gasteiger partial charge in [-0.3, -0.25) is 19.5 Å². The Morgan fingerprint density at radius 2 is 1.70 bits per heavy atom. The van der Waals surface area contributed by atoms with Crippen LogP contribution in [-0.2, 0) is 9.59 Å². The van der Waals surface area contributed by atoms with Gasteiger partial charge in [0.2, 0.25) is 0 Å². The number of nitrogens with zero attached hydrogens (tertiary/aromatic N) is 2. The third-order valence-electron chi connectivity index (χ3n) is 5.28. The van der Waals surface area contributed by atoms with Crippen molar-refractivity contribution in [1.82, 2.24) is 4.98 Å². The first-order valence-electron chi connectivity index (χ1n) is 10.5. The van der Waals surface area contributed by atoms with E-state index in [1.807, 2.05) is 19.9 Å². The number of ether oxygens (including phenoxy) is 2. The quantitative estimate of drug-likeness (QED) is 0.342. The van der Waals surface area contributed by atoms with Crippen LogP contribution in [0.5, 0.6) is 11.5 Å². The summed E-state index contributed by atoms with van der Waals surface area (Å²) in [6.45, 7) is 3.83. The fraction of sp³-hybridized carbons (Fsp3) is 0.192. The lowest BCUT2D eigenvalue weighted by Gasteiger charge is -2.26. The van der Waals surface area contributed by atoms with Gasteiger partial charge in [-0.2, -0.15) is 0 Å². The minimum absolute atomic E-state index is 0.00397. The Bertz CT molecular complexity index is 1220. The number of methoxy groups -OCH3 is 1. The number of hydrogen-bond donors (Lipinski definition) is 1. The highest BCUT2D eigenvalue weighted by molar-refractivity contribution is 6.51. The second-order valence-corrected chi connectivity index (χ2v) is 7.85. The summed E-state index contributed by atoms with van der Waals surface area (Å²) >= 11 is 0. The fourth-order valence-electron chi connectivity index (χ4n) is 3.87. The molecule has 0 saturated carbocycles. The maximum atomic E-state index is 13.2. The largest absolute Gasteiger partial charge is 0.507 e. The average molecular weight is 444 g/mol. The third-order valence-corrected chi connectivity index (χ3v) is 5.28. The number of aromatic nitrogens is 1. The molecule has 1 fully saturated rings. The molecule has 0 aliphatic carbocycles. The van der Waals surface area contributed by atoms with E-state index in [0.29, 0.717) is 28.3 Å². The number of carbonyl (C=O) groups is 2. The number of pyridine rings is 1. The van der Waals surface area contributed by atoms with Gasteiger partial charge in [-0.1, -0.05) is 18.2 Å². The van der Waals surface area contributed by atoms with Crippen molar-refractivity contribution in [3.8, 4) is 11.5 Å². The summed E-state index contributed by atoms with van der Waals surface area (Å²) < 4.78 is 11.1. The van der Waals surface area contributed by atoms with Crippen molar-refractivity contribution in [1.29, 1.82) is 0 Å². The number of Topliss-reactive ketones (excluding diaryl/α,β-unsaturated/α-hetero) is 1. The molecule has 33 heavy (non-hydrogen) atoms. The van der Waals surface area contributed by atoms with Crippen LogP contribution in [0.2, 0.25) is 0 Å². The number of carbonyl (C=O) groups excluding carboxylic acids is 2. The van der Waals surface area contributed by atoms with Crippen LogP contribution < -0.4 is 14.4 Å². The Morgan fingerprint density at radius 1 is 1.00 bits per heavy atom. The highest BCUT2D eigenvalue weighted by Gasteiger charge is 2.47. The maximum Gasteiger partial charge on any atom is 0.300 e. The summed E-state index contributed by atoms with van der Waals surface area (Å²) in [5.41, 5.74) is 1.50. The molecule has 1 aliphatic rings. The van der Waals surface area contributed by atoms with Gasteiger partial charge in [0.05, 0.1) is 24.8 Å². The zero-order valence-electron chi connectivity index (χ0n) is 18.6. The number of ketones is 1. The van der Waals surface area contributed by atoms with Gasteiger partial charge in [0.25, 0.3) is 11.7 Å². The van der Waals surface area contributed by atoms with E-state index in [-0.39, 0.29) is 17.4 Å². The van der Waals surface area contributed by atoms with Gasteiger partial charge < -0.3 is 14.6 Å². The summed E-state index contributed by atoms with van der Waals surface area (Å²) in [7, 11) is 1.53. The highest BCUT2D eigenvalue weighted by Crippen LogP contribution is 2.43. The zero-order valence-corrected chi connectivity index (χ0v) is 18.6. The van der Waals surface area contributed by atoms with Crippen molar-refractivity contribution in [2.75, 3.05) is 12.0 Å². The second kappa shape index (κ2) is 9.16. The van der Waals surface area contributed by atoms with E-state index in [0.717, 1.165) is 0 Å². The Morgan fingerprint density at radius 3 is 2.39 bits per heavy atom. The van der Waals surface area contributed by atoms with Gasteiger partial charge in [0.15, 0.2) is 0 Å². The SMILES string of the molecule is COc1cccc(N2C(=O)C(=O)/C(=C(/O)c3ccncc3)C2c2cccc(OC(C)C)c2)c1. The maximum absolute atomic E-state index is 13.2. The molecule has 1 unspecified atom stereocenters. The van der Waals surface area contributed by atoms with Gasteiger partial charge >= 0.3 is 0 Å². The fourth-order valence-corrected chi connectivity index (χ4v) is 3.87. The van der Waals surface area contributed by atoms with Gasteiger partial charge in [-0.15, -0.1) is 0 Å². The molecule has 1 aromatic heterocycles. The summed E-state index contributed by atoms with van der Waals surface area (Å²) in [6, 6.07) is 16.4. The number of rotatable bonds is 6. The van der Waals surface area contributed by atoms with Crippen molar-refractivity contribution in [2.24, 2.45) is 0 Å². The smallest absolute Gasteiger partial charge is 0.300 e. The van der Waals surface area contributed by atoms with E-state index < -0.39 is 17.7 Å². The number of aliphatic hydroxyl groups is 1. The predicted molar refractivity (Wildman–Crippen MR) is 124 cm³/mol. The van der Waals surface area contributed by atoms with Crippen LogP contribution in [0, 0.1) is 0 Å². The molecule has 7 heteroatoms. The Kier molecular flexibility index (Phi) is 6.13. The van der Waals surface area contributed by atoms with Crippen molar-refractivity contribution < 1.29 is 24.2 Å². The molecule has 3 aromatic rings.